The Labute approximate surface area is 168 Å². The van der Waals surface area contributed by atoms with Crippen LogP contribution in [0.2, 0.25) is 0 Å². The summed E-state index contributed by atoms with van der Waals surface area (Å²) in [6.07, 6.45) is 8.10. The van der Waals surface area contributed by atoms with Crippen LogP contribution in [0.3, 0.4) is 0 Å². The van der Waals surface area contributed by atoms with Crippen molar-refractivity contribution in [3.8, 4) is 17.0 Å². The molecule has 3 rings (SSSR count). The smallest absolute Gasteiger partial charge is 0.252 e. The predicted octanol–water partition coefficient (Wildman–Crippen LogP) is 2.98. The van der Waals surface area contributed by atoms with Crippen LogP contribution in [0.15, 0.2) is 33.7 Å². The zero-order valence-electron chi connectivity index (χ0n) is 16.0. The number of primary amides is 1. The van der Waals surface area contributed by atoms with Gasteiger partial charge in [-0.2, -0.15) is 5.10 Å². The highest BCUT2D eigenvalue weighted by molar-refractivity contribution is 7.07. The Morgan fingerprint density at radius 1 is 1.39 bits per heavy atom. The van der Waals surface area contributed by atoms with E-state index in [1.54, 1.807) is 23.9 Å². The van der Waals surface area contributed by atoms with E-state index in [1.807, 2.05) is 11.6 Å². The topological polar surface area (TPSA) is 102 Å². The Morgan fingerprint density at radius 3 is 2.89 bits per heavy atom. The molecule has 1 aliphatic rings. The number of nitrogens with two attached hydrogens (primary N) is 1. The zero-order valence-corrected chi connectivity index (χ0v) is 16.8. The van der Waals surface area contributed by atoms with Crippen LogP contribution < -0.4 is 10.5 Å². The normalized spacial score (nSPS) is 16.1. The number of benzene rings is 1. The molecule has 8 heteroatoms. The van der Waals surface area contributed by atoms with Crippen molar-refractivity contribution in [2.24, 2.45) is 21.7 Å². The molecular formula is C20H26N4O3S. The summed E-state index contributed by atoms with van der Waals surface area (Å²) >= 11 is 1.47. The first kappa shape index (κ1) is 20.3. The van der Waals surface area contributed by atoms with Gasteiger partial charge in [0, 0.05) is 24.3 Å². The van der Waals surface area contributed by atoms with Gasteiger partial charge in [-0.05, 0) is 37.0 Å². The second kappa shape index (κ2) is 9.66. The van der Waals surface area contributed by atoms with Crippen molar-refractivity contribution in [2.45, 2.75) is 32.1 Å². The van der Waals surface area contributed by atoms with Gasteiger partial charge >= 0.3 is 0 Å². The van der Waals surface area contributed by atoms with E-state index in [4.69, 9.17) is 15.6 Å². The molecule has 0 aliphatic heterocycles. The Kier molecular flexibility index (Phi) is 7.00. The lowest BCUT2D eigenvalue weighted by atomic mass is 9.90. The zero-order chi connectivity index (χ0) is 19.9. The van der Waals surface area contributed by atoms with Gasteiger partial charge in [-0.15, -0.1) is 11.3 Å². The van der Waals surface area contributed by atoms with E-state index in [0.29, 0.717) is 19.1 Å². The number of phenols is 1. The number of ether oxygens (including phenoxy) is 1. The van der Waals surface area contributed by atoms with E-state index in [0.717, 1.165) is 28.9 Å². The van der Waals surface area contributed by atoms with Crippen LogP contribution in [-0.4, -0.2) is 42.2 Å². The second-order valence-corrected chi connectivity index (χ2v) is 7.69. The molecule has 3 N–H and O–H groups in total. The Hall–Kier alpha value is -2.45. The minimum Gasteiger partial charge on any atom is -0.507 e. The summed E-state index contributed by atoms with van der Waals surface area (Å²) in [6.45, 7) is 1.07. The van der Waals surface area contributed by atoms with Gasteiger partial charge in [0.25, 0.3) is 5.91 Å². The van der Waals surface area contributed by atoms with E-state index in [2.05, 4.69) is 4.99 Å². The highest BCUT2D eigenvalue weighted by Crippen LogP contribution is 2.27. The number of aromatic nitrogens is 1. The van der Waals surface area contributed by atoms with Crippen molar-refractivity contribution < 1.29 is 14.6 Å². The standard InChI is InChI=1S/C20H26N4O3S/c1-27-10-9-22-20-24(23-12-14-5-3-2-4-6-14)17(13-28-20)15-7-8-18(25)16(11-15)19(21)26/h7-8,11-14,25H,2-6,9-10H2,1H3,(H2,21,26)/b22-20?,23-12-. The maximum atomic E-state index is 11.6. The third kappa shape index (κ3) is 4.88. The van der Waals surface area contributed by atoms with Gasteiger partial charge in [0.2, 0.25) is 4.80 Å². The van der Waals surface area contributed by atoms with Crippen molar-refractivity contribution >= 4 is 23.5 Å². The van der Waals surface area contributed by atoms with Gasteiger partial charge in [-0.1, -0.05) is 19.3 Å². The minimum atomic E-state index is -0.670. The summed E-state index contributed by atoms with van der Waals surface area (Å²) in [7, 11) is 1.65. The third-order valence-electron chi connectivity index (χ3n) is 4.83. The molecule has 0 spiro atoms. The van der Waals surface area contributed by atoms with Crippen molar-refractivity contribution in [3.63, 3.8) is 0 Å². The molecule has 0 atom stereocenters. The summed E-state index contributed by atoms with van der Waals surface area (Å²) in [5.74, 6) is -0.326. The molecule has 0 saturated heterocycles. The van der Waals surface area contributed by atoms with Crippen LogP contribution in [0, 0.1) is 5.92 Å². The van der Waals surface area contributed by atoms with E-state index in [9.17, 15) is 9.90 Å². The molecule has 1 fully saturated rings. The molecular weight excluding hydrogens is 376 g/mol. The fourth-order valence-corrected chi connectivity index (χ4v) is 4.15. The van der Waals surface area contributed by atoms with Gasteiger partial charge in [0.15, 0.2) is 0 Å². The molecule has 1 heterocycles. The largest absolute Gasteiger partial charge is 0.507 e. The maximum Gasteiger partial charge on any atom is 0.252 e. The predicted molar refractivity (Wildman–Crippen MR) is 111 cm³/mol. The first-order chi connectivity index (χ1) is 13.6. The summed E-state index contributed by atoms with van der Waals surface area (Å²) in [4.78, 5) is 16.9. The molecule has 150 valence electrons. The van der Waals surface area contributed by atoms with Crippen molar-refractivity contribution in [1.29, 1.82) is 0 Å². The average Bonchev–Trinajstić information content (AvgIpc) is 3.10. The number of nitrogens with zero attached hydrogens (tertiary/aromatic N) is 3. The fourth-order valence-electron chi connectivity index (χ4n) is 3.29. The molecule has 2 aromatic rings. The van der Waals surface area contributed by atoms with E-state index in [1.165, 1.54) is 36.7 Å². The van der Waals surface area contributed by atoms with E-state index in [-0.39, 0.29) is 11.3 Å². The summed E-state index contributed by atoms with van der Waals surface area (Å²) < 4.78 is 6.89. The average molecular weight is 403 g/mol. The van der Waals surface area contributed by atoms with E-state index < -0.39 is 5.91 Å². The van der Waals surface area contributed by atoms with Crippen LogP contribution in [0.4, 0.5) is 0 Å². The lowest BCUT2D eigenvalue weighted by Gasteiger charge is -2.17. The molecule has 0 radical (unpaired) electrons. The molecule has 0 unspecified atom stereocenters. The molecule has 1 aromatic carbocycles. The number of hydrogen-bond donors (Lipinski definition) is 2. The molecule has 1 aliphatic carbocycles. The van der Waals surface area contributed by atoms with Crippen LogP contribution >= 0.6 is 11.3 Å². The Morgan fingerprint density at radius 2 is 2.18 bits per heavy atom. The number of hydrogen-bond acceptors (Lipinski definition) is 6. The molecule has 28 heavy (non-hydrogen) atoms. The van der Waals surface area contributed by atoms with Crippen molar-refractivity contribution in [2.75, 3.05) is 20.3 Å². The first-order valence-electron chi connectivity index (χ1n) is 9.47. The first-order valence-corrected chi connectivity index (χ1v) is 10.4. The lowest BCUT2D eigenvalue weighted by Crippen LogP contribution is -2.16. The number of carbonyl (C=O) groups is 1. The highest BCUT2D eigenvalue weighted by Gasteiger charge is 2.14. The van der Waals surface area contributed by atoms with Crippen LogP contribution in [0.25, 0.3) is 11.3 Å². The number of methoxy groups -OCH3 is 1. The fraction of sp³-hybridized carbons (Fsp3) is 0.450. The monoisotopic (exact) mass is 402 g/mol. The maximum absolute atomic E-state index is 11.6. The van der Waals surface area contributed by atoms with Crippen LogP contribution in [0.1, 0.15) is 42.5 Å². The third-order valence-corrected chi connectivity index (χ3v) is 5.68. The van der Waals surface area contributed by atoms with Gasteiger partial charge in [-0.25, -0.2) is 4.68 Å². The van der Waals surface area contributed by atoms with Crippen LogP contribution in [0.5, 0.6) is 5.75 Å². The number of rotatable bonds is 7. The lowest BCUT2D eigenvalue weighted by molar-refractivity contribution is 0.0998. The number of amides is 1. The Balaban J connectivity index is 2.01. The quantitative estimate of drug-likeness (QED) is 0.550. The van der Waals surface area contributed by atoms with E-state index >= 15 is 0 Å². The molecule has 7 nitrogen and oxygen atoms in total. The number of thiazole rings is 1. The van der Waals surface area contributed by atoms with Gasteiger partial charge in [-0.3, -0.25) is 9.79 Å². The molecule has 0 bridgehead atoms. The SMILES string of the molecule is COCCN=c1scc(-c2ccc(O)c(C(N)=O)c2)n1/N=C\C1CCCCC1. The molecule has 1 amide bonds. The number of aromatic hydroxyl groups is 1. The summed E-state index contributed by atoms with van der Waals surface area (Å²) in [5, 5.41) is 16.6. The summed E-state index contributed by atoms with van der Waals surface area (Å²) in [6, 6.07) is 4.81. The number of carbonyl (C=O) groups excluding carboxylic acids is 1. The summed E-state index contributed by atoms with van der Waals surface area (Å²) in [5.41, 5.74) is 7.01. The molecule has 1 aromatic heterocycles. The Bertz CT molecular complexity index is 910. The van der Waals surface area contributed by atoms with Gasteiger partial charge in [0.05, 0.1) is 24.4 Å². The van der Waals surface area contributed by atoms with Gasteiger partial charge < -0.3 is 15.6 Å². The van der Waals surface area contributed by atoms with Gasteiger partial charge in [0.1, 0.15) is 5.75 Å². The molecule has 1 saturated carbocycles. The second-order valence-electron chi connectivity index (χ2n) is 6.85. The van der Waals surface area contributed by atoms with Crippen LogP contribution in [-0.2, 0) is 4.74 Å². The highest BCUT2D eigenvalue weighted by atomic mass is 32.1. The van der Waals surface area contributed by atoms with Crippen molar-refractivity contribution in [1.82, 2.24) is 4.68 Å². The minimum absolute atomic E-state index is 0.0874. The van der Waals surface area contributed by atoms with Crippen molar-refractivity contribution in [3.05, 3.63) is 33.9 Å².